The van der Waals surface area contributed by atoms with Crippen LogP contribution in [0.5, 0.6) is 0 Å². The van der Waals surface area contributed by atoms with E-state index in [0.717, 1.165) is 15.7 Å². The minimum absolute atomic E-state index is 0.0355. The molecule has 0 aliphatic rings. The number of carbonyl (C=O) groups is 2. The molecule has 132 valence electrons. The van der Waals surface area contributed by atoms with Crippen molar-refractivity contribution < 1.29 is 27.9 Å². The molecule has 4 nitrogen and oxygen atoms in total. The molecule has 0 aliphatic carbocycles. The van der Waals surface area contributed by atoms with Crippen molar-refractivity contribution in [3.8, 4) is 0 Å². The number of hydrogen-bond acceptors (Lipinski definition) is 2. The average molecular weight is 463 g/mol. The van der Waals surface area contributed by atoms with Crippen molar-refractivity contribution in [2.75, 3.05) is 0 Å². The molecule has 0 aromatic heterocycles. The predicted octanol–water partition coefficient (Wildman–Crippen LogP) is 3.74. The molecule has 2 rings (SSSR count). The Bertz CT molecular complexity index is 775. The summed E-state index contributed by atoms with van der Waals surface area (Å²) in [7, 11) is 0. The van der Waals surface area contributed by atoms with Gasteiger partial charge in [0.1, 0.15) is 6.04 Å². The number of nitrogens with one attached hydrogen (secondary N) is 1. The zero-order chi connectivity index (χ0) is 18.6. The van der Waals surface area contributed by atoms with Crippen molar-refractivity contribution in [3.63, 3.8) is 0 Å². The fourth-order valence-corrected chi connectivity index (χ4v) is 2.58. The van der Waals surface area contributed by atoms with Crippen molar-refractivity contribution in [3.05, 3.63) is 68.8 Å². The number of rotatable bonds is 5. The summed E-state index contributed by atoms with van der Waals surface area (Å²) < 4.78 is 39.9. The first-order valence-corrected chi connectivity index (χ1v) is 8.20. The predicted molar refractivity (Wildman–Crippen MR) is 93.2 cm³/mol. The molecule has 1 amide bonds. The molecule has 0 saturated heterocycles. The van der Waals surface area contributed by atoms with Gasteiger partial charge in [0.2, 0.25) is 0 Å². The second-order valence-corrected chi connectivity index (χ2v) is 6.48. The molecule has 0 unspecified atom stereocenters. The molecule has 2 N–H and O–H groups in total. The van der Waals surface area contributed by atoms with Gasteiger partial charge in [-0.25, -0.2) is 4.79 Å². The quantitative estimate of drug-likeness (QED) is 0.665. The van der Waals surface area contributed by atoms with E-state index in [2.05, 4.69) is 27.9 Å². The lowest BCUT2D eigenvalue weighted by Gasteiger charge is -2.17. The number of carboxylic acids is 1. The van der Waals surface area contributed by atoms with Crippen LogP contribution in [0.3, 0.4) is 0 Å². The summed E-state index contributed by atoms with van der Waals surface area (Å²) in [5.41, 5.74) is -1.06. The molecule has 0 heterocycles. The van der Waals surface area contributed by atoms with E-state index in [1.54, 1.807) is 24.3 Å². The van der Waals surface area contributed by atoms with Crippen molar-refractivity contribution >= 4 is 34.5 Å². The van der Waals surface area contributed by atoms with Crippen LogP contribution in [-0.2, 0) is 17.4 Å². The first kappa shape index (κ1) is 19.2. The molecule has 0 radical (unpaired) electrons. The Hall–Kier alpha value is -2.10. The van der Waals surface area contributed by atoms with Crippen LogP contribution in [0.2, 0.25) is 0 Å². The van der Waals surface area contributed by atoms with Crippen LogP contribution in [-0.4, -0.2) is 23.0 Å². The molecule has 0 bridgehead atoms. The van der Waals surface area contributed by atoms with E-state index < -0.39 is 35.2 Å². The lowest BCUT2D eigenvalue weighted by molar-refractivity contribution is -0.139. The van der Waals surface area contributed by atoms with Gasteiger partial charge in [-0.05, 0) is 52.4 Å². The highest BCUT2D eigenvalue weighted by atomic mass is 127. The standard InChI is InChI=1S/C17H13F3INO3/c18-17(19,20)13-4-2-1-3-12(13)15(23)22-14(16(24)25)9-10-5-7-11(21)8-6-10/h1-8,14H,9H2,(H,22,23)(H,24,25)/t14-/m0/s1. The largest absolute Gasteiger partial charge is 0.480 e. The Morgan fingerprint density at radius 2 is 1.68 bits per heavy atom. The van der Waals surface area contributed by atoms with Gasteiger partial charge in [0.25, 0.3) is 5.91 Å². The van der Waals surface area contributed by atoms with Crippen LogP contribution in [0.15, 0.2) is 48.5 Å². The Kier molecular flexibility index (Phi) is 6.04. The SMILES string of the molecule is O=C(N[C@@H](Cc1ccc(I)cc1)C(=O)O)c1ccccc1C(F)(F)F. The van der Waals surface area contributed by atoms with E-state index in [4.69, 9.17) is 0 Å². The van der Waals surface area contributed by atoms with Crippen LogP contribution in [0.4, 0.5) is 13.2 Å². The van der Waals surface area contributed by atoms with Crippen molar-refractivity contribution in [2.24, 2.45) is 0 Å². The normalized spacial score (nSPS) is 12.5. The number of aliphatic carboxylic acids is 1. The third-order valence-corrected chi connectivity index (χ3v) is 4.15. The van der Waals surface area contributed by atoms with Gasteiger partial charge in [-0.15, -0.1) is 0 Å². The summed E-state index contributed by atoms with van der Waals surface area (Å²) in [4.78, 5) is 23.6. The number of alkyl halides is 3. The summed E-state index contributed by atoms with van der Waals surface area (Å²) in [6.07, 6.45) is -4.74. The molecule has 0 fully saturated rings. The summed E-state index contributed by atoms with van der Waals surface area (Å²) in [5.74, 6) is -2.40. The van der Waals surface area contributed by atoms with E-state index >= 15 is 0 Å². The topological polar surface area (TPSA) is 66.4 Å². The first-order valence-electron chi connectivity index (χ1n) is 7.13. The van der Waals surface area contributed by atoms with Gasteiger partial charge in [-0.1, -0.05) is 24.3 Å². The second kappa shape index (κ2) is 7.85. The number of carbonyl (C=O) groups excluding carboxylic acids is 1. The first-order chi connectivity index (χ1) is 11.7. The minimum atomic E-state index is -4.71. The summed E-state index contributed by atoms with van der Waals surface area (Å²) in [6.45, 7) is 0. The molecule has 0 spiro atoms. The molecule has 8 heteroatoms. The minimum Gasteiger partial charge on any atom is -0.480 e. The zero-order valence-electron chi connectivity index (χ0n) is 12.7. The number of carboxylic acid groups (broad SMARTS) is 1. The van der Waals surface area contributed by atoms with Gasteiger partial charge in [0, 0.05) is 9.99 Å². The van der Waals surface area contributed by atoms with Crippen molar-refractivity contribution in [2.45, 2.75) is 18.6 Å². The van der Waals surface area contributed by atoms with Crippen molar-refractivity contribution in [1.29, 1.82) is 0 Å². The highest BCUT2D eigenvalue weighted by molar-refractivity contribution is 14.1. The summed E-state index contributed by atoms with van der Waals surface area (Å²) in [6, 6.07) is 9.87. The van der Waals surface area contributed by atoms with Crippen LogP contribution < -0.4 is 5.32 Å². The smallest absolute Gasteiger partial charge is 0.417 e. The molecular formula is C17H13F3INO3. The molecule has 0 saturated carbocycles. The molecule has 2 aromatic rings. The van der Waals surface area contributed by atoms with Crippen LogP contribution in [0.1, 0.15) is 21.5 Å². The van der Waals surface area contributed by atoms with Gasteiger partial charge in [-0.3, -0.25) is 4.79 Å². The van der Waals surface area contributed by atoms with E-state index in [0.29, 0.717) is 5.56 Å². The monoisotopic (exact) mass is 463 g/mol. The van der Waals surface area contributed by atoms with E-state index in [1.165, 1.54) is 12.1 Å². The van der Waals surface area contributed by atoms with Crippen LogP contribution in [0.25, 0.3) is 0 Å². The molecule has 1 atom stereocenters. The number of halogens is 4. The third-order valence-electron chi connectivity index (χ3n) is 3.43. The lowest BCUT2D eigenvalue weighted by Crippen LogP contribution is -2.42. The Morgan fingerprint density at radius 1 is 1.08 bits per heavy atom. The average Bonchev–Trinajstić information content (AvgIpc) is 2.55. The van der Waals surface area contributed by atoms with E-state index in [1.807, 2.05) is 0 Å². The summed E-state index contributed by atoms with van der Waals surface area (Å²) in [5, 5.41) is 11.4. The Morgan fingerprint density at radius 3 is 2.24 bits per heavy atom. The van der Waals surface area contributed by atoms with Gasteiger partial charge in [0.05, 0.1) is 11.1 Å². The maximum Gasteiger partial charge on any atom is 0.417 e. The Balaban J connectivity index is 2.21. The van der Waals surface area contributed by atoms with Crippen LogP contribution >= 0.6 is 22.6 Å². The van der Waals surface area contributed by atoms with E-state index in [-0.39, 0.29) is 6.42 Å². The molecule has 0 aliphatic heterocycles. The highest BCUT2D eigenvalue weighted by Gasteiger charge is 2.35. The number of amides is 1. The fourth-order valence-electron chi connectivity index (χ4n) is 2.22. The van der Waals surface area contributed by atoms with Gasteiger partial charge < -0.3 is 10.4 Å². The molecule has 25 heavy (non-hydrogen) atoms. The fraction of sp³-hybridized carbons (Fsp3) is 0.176. The van der Waals surface area contributed by atoms with E-state index in [9.17, 15) is 27.9 Å². The second-order valence-electron chi connectivity index (χ2n) is 5.24. The molecular weight excluding hydrogens is 450 g/mol. The van der Waals surface area contributed by atoms with Gasteiger partial charge in [-0.2, -0.15) is 13.2 Å². The summed E-state index contributed by atoms with van der Waals surface area (Å²) >= 11 is 2.09. The van der Waals surface area contributed by atoms with Gasteiger partial charge >= 0.3 is 12.1 Å². The third kappa shape index (κ3) is 5.18. The number of hydrogen-bond donors (Lipinski definition) is 2. The molecule has 2 aromatic carbocycles. The lowest BCUT2D eigenvalue weighted by atomic mass is 10.0. The maximum atomic E-state index is 13.0. The zero-order valence-corrected chi connectivity index (χ0v) is 14.8. The van der Waals surface area contributed by atoms with Crippen LogP contribution in [0, 0.1) is 3.57 Å². The number of benzene rings is 2. The van der Waals surface area contributed by atoms with Crippen molar-refractivity contribution in [1.82, 2.24) is 5.32 Å². The maximum absolute atomic E-state index is 13.0. The van der Waals surface area contributed by atoms with Gasteiger partial charge in [0.15, 0.2) is 0 Å². The highest BCUT2D eigenvalue weighted by Crippen LogP contribution is 2.31. The Labute approximate surface area is 155 Å².